The summed E-state index contributed by atoms with van der Waals surface area (Å²) in [6.07, 6.45) is 9.79. The van der Waals surface area contributed by atoms with Crippen LogP contribution in [0.3, 0.4) is 0 Å². The highest BCUT2D eigenvalue weighted by Gasteiger charge is 2.23. The summed E-state index contributed by atoms with van der Waals surface area (Å²) in [7, 11) is 0. The van der Waals surface area contributed by atoms with Gasteiger partial charge in [-0.05, 0) is 30.4 Å². The smallest absolute Gasteiger partial charge is 0.131 e. The highest BCUT2D eigenvalue weighted by Crippen LogP contribution is 2.32. The Morgan fingerprint density at radius 2 is 2.00 bits per heavy atom. The maximum Gasteiger partial charge on any atom is 0.131 e. The van der Waals surface area contributed by atoms with Crippen molar-refractivity contribution in [2.75, 3.05) is 6.54 Å². The molecular formula is C22H25N3S. The molecule has 134 valence electrons. The Hall–Kier alpha value is -1.78. The van der Waals surface area contributed by atoms with Crippen LogP contribution in [0.4, 0.5) is 0 Å². The van der Waals surface area contributed by atoms with Gasteiger partial charge in [-0.2, -0.15) is 0 Å². The molecule has 0 radical (unpaired) electrons. The number of hydrogen-bond acceptors (Lipinski definition) is 4. The molecule has 3 heterocycles. The highest BCUT2D eigenvalue weighted by atomic mass is 32.1. The van der Waals surface area contributed by atoms with Crippen LogP contribution in [-0.2, 0) is 19.5 Å². The van der Waals surface area contributed by atoms with Crippen molar-refractivity contribution in [3.8, 4) is 0 Å². The number of nitrogens with zero attached hydrogens (tertiary/aromatic N) is 3. The number of aromatic nitrogens is 2. The zero-order valence-corrected chi connectivity index (χ0v) is 16.0. The van der Waals surface area contributed by atoms with Gasteiger partial charge in [-0.15, -0.1) is 11.3 Å². The molecule has 0 N–H and O–H groups in total. The van der Waals surface area contributed by atoms with E-state index in [0.29, 0.717) is 5.92 Å². The molecule has 1 fully saturated rings. The normalized spacial score (nSPS) is 18.9. The minimum absolute atomic E-state index is 0.602. The van der Waals surface area contributed by atoms with Crippen molar-refractivity contribution >= 4 is 21.4 Å². The molecule has 4 heteroatoms. The van der Waals surface area contributed by atoms with Gasteiger partial charge in [-0.1, -0.05) is 37.5 Å². The molecule has 0 unspecified atom stereocenters. The molecule has 5 rings (SSSR count). The quantitative estimate of drug-likeness (QED) is 0.632. The fourth-order valence-electron chi connectivity index (χ4n) is 4.42. The maximum absolute atomic E-state index is 4.98. The topological polar surface area (TPSA) is 29.0 Å². The molecule has 3 nitrogen and oxygen atoms in total. The molecule has 0 spiro atoms. The average Bonchev–Trinajstić information content (AvgIpc) is 3.10. The lowest BCUT2D eigenvalue weighted by Crippen LogP contribution is -2.31. The Labute approximate surface area is 159 Å². The Balaban J connectivity index is 1.30. The lowest BCUT2D eigenvalue weighted by atomic mass is 9.88. The van der Waals surface area contributed by atoms with Crippen LogP contribution in [0, 0.1) is 0 Å². The first-order valence-corrected chi connectivity index (χ1v) is 10.7. The van der Waals surface area contributed by atoms with Gasteiger partial charge in [-0.3, -0.25) is 4.90 Å². The molecule has 1 aliphatic carbocycles. The first-order chi connectivity index (χ1) is 12.8. The van der Waals surface area contributed by atoms with Gasteiger partial charge in [0.15, 0.2) is 0 Å². The van der Waals surface area contributed by atoms with Crippen LogP contribution < -0.4 is 0 Å². The van der Waals surface area contributed by atoms with E-state index in [9.17, 15) is 0 Å². The molecule has 0 amide bonds. The van der Waals surface area contributed by atoms with E-state index in [4.69, 9.17) is 9.97 Å². The third-order valence-electron chi connectivity index (χ3n) is 5.86. The molecule has 1 aliphatic heterocycles. The van der Waals surface area contributed by atoms with Crippen LogP contribution in [0.5, 0.6) is 0 Å². The fraction of sp³-hybridized carbons (Fsp3) is 0.455. The van der Waals surface area contributed by atoms with E-state index in [0.717, 1.165) is 31.9 Å². The summed E-state index contributed by atoms with van der Waals surface area (Å²) in [6, 6.07) is 11.0. The SMILES string of the molecule is c1ccc2sc(CN3CCc4nc(C5CCCCC5)ncc4C3)cc2c1. The lowest BCUT2D eigenvalue weighted by Gasteiger charge is -2.28. The van der Waals surface area contributed by atoms with Gasteiger partial charge in [0.2, 0.25) is 0 Å². The number of hydrogen-bond donors (Lipinski definition) is 0. The van der Waals surface area contributed by atoms with Crippen LogP contribution in [0.2, 0.25) is 0 Å². The van der Waals surface area contributed by atoms with Crippen molar-refractivity contribution in [3.63, 3.8) is 0 Å². The molecule has 1 aromatic carbocycles. The maximum atomic E-state index is 4.98. The summed E-state index contributed by atoms with van der Waals surface area (Å²) in [5.41, 5.74) is 2.63. The third kappa shape index (κ3) is 3.28. The van der Waals surface area contributed by atoms with Crippen molar-refractivity contribution in [1.82, 2.24) is 14.9 Å². The summed E-state index contributed by atoms with van der Waals surface area (Å²) in [5, 5.41) is 1.37. The second kappa shape index (κ2) is 7.09. The van der Waals surface area contributed by atoms with Crippen LogP contribution in [0.25, 0.3) is 10.1 Å². The van der Waals surface area contributed by atoms with Gasteiger partial charge in [0.25, 0.3) is 0 Å². The Morgan fingerprint density at radius 1 is 1.12 bits per heavy atom. The summed E-state index contributed by atoms with van der Waals surface area (Å²) in [4.78, 5) is 13.7. The Morgan fingerprint density at radius 3 is 2.88 bits per heavy atom. The number of benzene rings is 1. The predicted octanol–water partition coefficient (Wildman–Crippen LogP) is 5.30. The number of fused-ring (bicyclic) bond motifs is 2. The predicted molar refractivity (Wildman–Crippen MR) is 108 cm³/mol. The first kappa shape index (κ1) is 16.4. The first-order valence-electron chi connectivity index (χ1n) is 9.90. The van der Waals surface area contributed by atoms with E-state index < -0.39 is 0 Å². The fourth-order valence-corrected chi connectivity index (χ4v) is 5.52. The number of rotatable bonds is 3. The average molecular weight is 364 g/mol. The molecule has 26 heavy (non-hydrogen) atoms. The van der Waals surface area contributed by atoms with Crippen LogP contribution in [-0.4, -0.2) is 21.4 Å². The van der Waals surface area contributed by atoms with Crippen LogP contribution in [0.1, 0.15) is 60.0 Å². The second-order valence-corrected chi connectivity index (χ2v) is 8.91. The molecule has 3 aromatic rings. The van der Waals surface area contributed by atoms with E-state index in [1.165, 1.54) is 58.3 Å². The van der Waals surface area contributed by atoms with E-state index in [2.05, 4.69) is 41.4 Å². The van der Waals surface area contributed by atoms with Gasteiger partial charge >= 0.3 is 0 Å². The zero-order valence-electron chi connectivity index (χ0n) is 15.2. The Bertz CT molecular complexity index is 878. The molecule has 0 bridgehead atoms. The van der Waals surface area contributed by atoms with E-state index in [-0.39, 0.29) is 0 Å². The number of thiophene rings is 1. The summed E-state index contributed by atoms with van der Waals surface area (Å²) in [6.45, 7) is 3.11. The monoisotopic (exact) mass is 363 g/mol. The summed E-state index contributed by atoms with van der Waals surface area (Å²) >= 11 is 1.92. The van der Waals surface area contributed by atoms with Crippen LogP contribution in [0.15, 0.2) is 36.5 Å². The summed E-state index contributed by atoms with van der Waals surface area (Å²) < 4.78 is 1.39. The zero-order chi connectivity index (χ0) is 17.3. The highest BCUT2D eigenvalue weighted by molar-refractivity contribution is 7.19. The van der Waals surface area contributed by atoms with Gasteiger partial charge in [0.05, 0.1) is 0 Å². The molecule has 0 atom stereocenters. The van der Waals surface area contributed by atoms with E-state index >= 15 is 0 Å². The molecular weight excluding hydrogens is 338 g/mol. The molecule has 1 saturated carbocycles. The van der Waals surface area contributed by atoms with Gasteiger partial charge in [0, 0.05) is 59.0 Å². The molecule has 2 aromatic heterocycles. The molecule has 2 aliphatic rings. The van der Waals surface area contributed by atoms with Crippen molar-refractivity contribution in [2.24, 2.45) is 0 Å². The van der Waals surface area contributed by atoms with Gasteiger partial charge in [-0.25, -0.2) is 9.97 Å². The van der Waals surface area contributed by atoms with Crippen molar-refractivity contribution in [3.05, 3.63) is 58.5 Å². The molecule has 0 saturated heterocycles. The summed E-state index contributed by atoms with van der Waals surface area (Å²) in [5.74, 6) is 1.71. The third-order valence-corrected chi connectivity index (χ3v) is 6.96. The van der Waals surface area contributed by atoms with Crippen molar-refractivity contribution in [2.45, 2.75) is 57.5 Å². The minimum Gasteiger partial charge on any atom is -0.293 e. The second-order valence-electron chi connectivity index (χ2n) is 7.75. The van der Waals surface area contributed by atoms with Crippen LogP contribution >= 0.6 is 11.3 Å². The van der Waals surface area contributed by atoms with Crippen molar-refractivity contribution < 1.29 is 0 Å². The van der Waals surface area contributed by atoms with Gasteiger partial charge < -0.3 is 0 Å². The van der Waals surface area contributed by atoms with E-state index in [1.54, 1.807) is 0 Å². The standard InChI is InChI=1S/C22H25N3S/c1-2-6-16(7-3-1)22-23-13-18-14-25(11-10-20(18)24-22)15-19-12-17-8-4-5-9-21(17)26-19/h4-5,8-9,12-13,16H,1-3,6-7,10-11,14-15H2. The van der Waals surface area contributed by atoms with Crippen molar-refractivity contribution in [1.29, 1.82) is 0 Å². The van der Waals surface area contributed by atoms with Gasteiger partial charge in [0.1, 0.15) is 5.82 Å². The lowest BCUT2D eigenvalue weighted by molar-refractivity contribution is 0.244. The van der Waals surface area contributed by atoms with E-state index in [1.807, 2.05) is 11.3 Å². The largest absolute Gasteiger partial charge is 0.293 e. The Kier molecular flexibility index (Phi) is 4.47. The minimum atomic E-state index is 0.602.